The molecule has 1 aliphatic heterocycles. The van der Waals surface area contributed by atoms with Crippen LogP contribution in [0.25, 0.3) is 0 Å². The quantitative estimate of drug-likeness (QED) is 0.268. The molecule has 0 radical (unpaired) electrons. The Hall–Kier alpha value is -4.12. The lowest BCUT2D eigenvalue weighted by molar-refractivity contribution is -0.138. The maximum atomic E-state index is 14.2. The first-order valence-electron chi connectivity index (χ1n) is 14.1. The number of carboxylic acid groups (broad SMARTS) is 1. The molecule has 0 saturated heterocycles. The molecule has 0 bridgehead atoms. The van der Waals surface area contributed by atoms with Crippen LogP contribution in [0.1, 0.15) is 48.6 Å². The number of aliphatic hydroxyl groups excluding tert-OH is 1. The summed E-state index contributed by atoms with van der Waals surface area (Å²) < 4.78 is 17.8. The number of carbonyl (C=O) groups excluding carboxylic acids is 2. The first kappa shape index (κ1) is 32.8. The molecule has 44 heavy (non-hydrogen) atoms. The number of anilines is 1. The van der Waals surface area contributed by atoms with E-state index in [1.54, 1.807) is 65.6 Å². The lowest BCUT2D eigenvalue weighted by Crippen LogP contribution is -2.46. The van der Waals surface area contributed by atoms with Crippen molar-refractivity contribution in [2.45, 2.75) is 45.4 Å². The van der Waals surface area contributed by atoms with E-state index in [9.17, 15) is 19.5 Å². The van der Waals surface area contributed by atoms with Crippen LogP contribution in [0.5, 0.6) is 11.5 Å². The number of nitrogens with one attached hydrogen (secondary N) is 1. The van der Waals surface area contributed by atoms with E-state index in [-0.39, 0.29) is 32.5 Å². The zero-order valence-electron chi connectivity index (χ0n) is 25.1. The van der Waals surface area contributed by atoms with Crippen LogP contribution in [-0.4, -0.2) is 61.5 Å². The SMILES string of the molecule is COc1cccc([C@H]2O[C@H](CC(=O)NCc3ccc(CC(=O)O)cc3)C(=O)N(CC(C)(C)CO)c3ccc(Cl)cc32)c1OC. The summed E-state index contributed by atoms with van der Waals surface area (Å²) in [5, 5.41) is 22.3. The smallest absolute Gasteiger partial charge is 0.307 e. The van der Waals surface area contributed by atoms with Crippen LogP contribution >= 0.6 is 11.6 Å². The molecule has 3 N–H and O–H groups in total. The molecule has 0 unspecified atom stereocenters. The first-order valence-corrected chi connectivity index (χ1v) is 14.5. The Kier molecular flexibility index (Phi) is 10.5. The topological polar surface area (TPSA) is 135 Å². The van der Waals surface area contributed by atoms with Gasteiger partial charge < -0.3 is 34.6 Å². The molecule has 0 spiro atoms. The summed E-state index contributed by atoms with van der Waals surface area (Å²) in [4.78, 5) is 39.9. The Labute approximate surface area is 261 Å². The van der Waals surface area contributed by atoms with Gasteiger partial charge in [0.25, 0.3) is 5.91 Å². The number of aliphatic carboxylic acids is 1. The molecule has 2 amide bonds. The van der Waals surface area contributed by atoms with Crippen molar-refractivity contribution in [1.29, 1.82) is 0 Å². The van der Waals surface area contributed by atoms with Crippen LogP contribution in [0, 0.1) is 5.41 Å². The number of methoxy groups -OCH3 is 2. The maximum absolute atomic E-state index is 14.2. The van der Waals surface area contributed by atoms with Crippen LogP contribution in [-0.2, 0) is 32.1 Å². The summed E-state index contributed by atoms with van der Waals surface area (Å²) in [5.41, 5.74) is 2.47. The van der Waals surface area contributed by atoms with Crippen molar-refractivity contribution < 1.29 is 38.8 Å². The minimum Gasteiger partial charge on any atom is -0.493 e. The van der Waals surface area contributed by atoms with Crippen molar-refractivity contribution in [2.24, 2.45) is 5.41 Å². The van der Waals surface area contributed by atoms with Gasteiger partial charge in [-0.25, -0.2) is 0 Å². The van der Waals surface area contributed by atoms with Crippen LogP contribution < -0.4 is 19.7 Å². The molecule has 1 heterocycles. The van der Waals surface area contributed by atoms with Gasteiger partial charge in [-0.3, -0.25) is 14.4 Å². The molecule has 0 aromatic heterocycles. The number of hydrogen-bond acceptors (Lipinski definition) is 7. The third kappa shape index (κ3) is 7.68. The molecular formula is C33H37ClN2O8. The van der Waals surface area contributed by atoms with E-state index in [1.807, 2.05) is 13.8 Å². The summed E-state index contributed by atoms with van der Waals surface area (Å²) in [7, 11) is 3.03. The van der Waals surface area contributed by atoms with Gasteiger partial charge >= 0.3 is 5.97 Å². The van der Waals surface area contributed by atoms with Crippen LogP contribution in [0.15, 0.2) is 60.7 Å². The number of rotatable bonds is 12. The number of nitrogens with zero attached hydrogens (tertiary/aromatic N) is 1. The molecule has 4 rings (SSSR count). The molecule has 0 saturated carbocycles. The number of ether oxygens (including phenoxy) is 3. The van der Waals surface area contributed by atoms with Gasteiger partial charge in [0.1, 0.15) is 12.2 Å². The summed E-state index contributed by atoms with van der Waals surface area (Å²) in [6, 6.07) is 17.4. The Morgan fingerprint density at radius 1 is 1.02 bits per heavy atom. The molecule has 234 valence electrons. The number of carbonyl (C=O) groups is 3. The summed E-state index contributed by atoms with van der Waals surface area (Å²) in [5.74, 6) is -0.899. The number of amides is 2. The average Bonchev–Trinajstić information content (AvgIpc) is 3.10. The molecule has 2 atom stereocenters. The van der Waals surface area contributed by atoms with Crippen molar-refractivity contribution in [3.63, 3.8) is 0 Å². The van der Waals surface area contributed by atoms with Gasteiger partial charge in [-0.2, -0.15) is 0 Å². The molecular weight excluding hydrogens is 588 g/mol. The monoisotopic (exact) mass is 624 g/mol. The molecule has 3 aromatic carbocycles. The number of halogens is 1. The fourth-order valence-electron chi connectivity index (χ4n) is 5.10. The largest absolute Gasteiger partial charge is 0.493 e. The summed E-state index contributed by atoms with van der Waals surface area (Å²) >= 11 is 6.47. The van der Waals surface area contributed by atoms with Gasteiger partial charge in [-0.1, -0.05) is 61.8 Å². The van der Waals surface area contributed by atoms with Crippen LogP contribution in [0.3, 0.4) is 0 Å². The second-order valence-corrected chi connectivity index (χ2v) is 11.8. The van der Waals surface area contributed by atoms with E-state index >= 15 is 0 Å². The van der Waals surface area contributed by atoms with Gasteiger partial charge in [0.05, 0.1) is 27.1 Å². The number of benzene rings is 3. The van der Waals surface area contributed by atoms with E-state index in [0.29, 0.717) is 38.9 Å². The lowest BCUT2D eigenvalue weighted by atomic mass is 9.92. The highest BCUT2D eigenvalue weighted by molar-refractivity contribution is 6.30. The fourth-order valence-corrected chi connectivity index (χ4v) is 5.28. The molecule has 0 fully saturated rings. The lowest BCUT2D eigenvalue weighted by Gasteiger charge is -2.32. The first-order chi connectivity index (χ1) is 21.0. The normalized spacial score (nSPS) is 16.6. The van der Waals surface area contributed by atoms with Crippen LogP contribution in [0.2, 0.25) is 5.02 Å². The number of para-hydroxylation sites is 1. The Morgan fingerprint density at radius 2 is 1.73 bits per heavy atom. The Balaban J connectivity index is 1.69. The highest BCUT2D eigenvalue weighted by atomic mass is 35.5. The molecule has 10 nitrogen and oxygen atoms in total. The molecule has 0 aliphatic carbocycles. The number of aliphatic hydroxyl groups is 1. The Bertz CT molecular complexity index is 1510. The molecule has 11 heteroatoms. The third-order valence-electron chi connectivity index (χ3n) is 7.37. The van der Waals surface area contributed by atoms with Crippen molar-refractivity contribution in [3.05, 3.63) is 87.9 Å². The zero-order chi connectivity index (χ0) is 32.0. The zero-order valence-corrected chi connectivity index (χ0v) is 25.9. The van der Waals surface area contributed by atoms with Crippen LogP contribution in [0.4, 0.5) is 5.69 Å². The minimum atomic E-state index is -1.20. The molecule has 1 aliphatic rings. The van der Waals surface area contributed by atoms with Gasteiger partial charge in [-0.15, -0.1) is 0 Å². The summed E-state index contributed by atoms with van der Waals surface area (Å²) in [6.45, 7) is 3.84. The van der Waals surface area contributed by atoms with Gasteiger partial charge in [-0.05, 0) is 35.4 Å². The van der Waals surface area contributed by atoms with Gasteiger partial charge in [0.15, 0.2) is 11.5 Å². The maximum Gasteiger partial charge on any atom is 0.307 e. The fraction of sp³-hybridized carbons (Fsp3) is 0.364. The van der Waals surface area contributed by atoms with Crippen molar-refractivity contribution in [2.75, 3.05) is 32.3 Å². The van der Waals surface area contributed by atoms with E-state index in [2.05, 4.69) is 5.32 Å². The number of hydrogen-bond donors (Lipinski definition) is 3. The Morgan fingerprint density at radius 3 is 2.36 bits per heavy atom. The highest BCUT2D eigenvalue weighted by Crippen LogP contribution is 2.45. The van der Waals surface area contributed by atoms with Gasteiger partial charge in [0.2, 0.25) is 5.91 Å². The van der Waals surface area contributed by atoms with Crippen molar-refractivity contribution in [1.82, 2.24) is 5.32 Å². The highest BCUT2D eigenvalue weighted by Gasteiger charge is 2.40. The second kappa shape index (κ2) is 14.1. The summed E-state index contributed by atoms with van der Waals surface area (Å²) in [6.07, 6.45) is -2.44. The second-order valence-electron chi connectivity index (χ2n) is 11.4. The molecule has 3 aromatic rings. The van der Waals surface area contributed by atoms with E-state index < -0.39 is 35.4 Å². The standard InChI is InChI=1S/C33H37ClN2O8/c1-33(2,19-37)18-36-25-13-12-22(34)15-24(25)30(23-6-5-7-26(42-3)31(23)43-4)44-27(32(36)41)16-28(38)35-17-21-10-8-20(9-11-21)14-29(39)40/h5-13,15,27,30,37H,14,16-19H2,1-4H3,(H,35,38)(H,39,40)/t27-,30-/m1/s1. The van der Waals surface area contributed by atoms with E-state index in [4.69, 9.17) is 30.9 Å². The van der Waals surface area contributed by atoms with E-state index in [0.717, 1.165) is 5.56 Å². The third-order valence-corrected chi connectivity index (χ3v) is 7.61. The number of carboxylic acids is 1. The number of fused-ring (bicyclic) bond motifs is 1. The average molecular weight is 625 g/mol. The van der Waals surface area contributed by atoms with Gasteiger partial charge in [0, 0.05) is 46.9 Å². The van der Waals surface area contributed by atoms with Crippen molar-refractivity contribution in [3.8, 4) is 11.5 Å². The van der Waals surface area contributed by atoms with Crippen molar-refractivity contribution >= 4 is 35.1 Å². The predicted octanol–water partition coefficient (Wildman–Crippen LogP) is 4.53. The predicted molar refractivity (Wildman–Crippen MR) is 165 cm³/mol. The van der Waals surface area contributed by atoms with E-state index in [1.165, 1.54) is 14.2 Å². The minimum absolute atomic E-state index is 0.0931.